The van der Waals surface area contributed by atoms with Crippen LogP contribution in [0.5, 0.6) is 0 Å². The Morgan fingerprint density at radius 1 is 1.11 bits per heavy atom. The number of hydrogen-bond donors (Lipinski definition) is 1. The molecule has 1 atom stereocenters. The molecule has 0 spiro atoms. The van der Waals surface area contributed by atoms with Crippen LogP contribution in [0.4, 0.5) is 0 Å². The molecule has 1 N–H and O–H groups in total. The Hall–Kier alpha value is -1.31. The van der Waals surface area contributed by atoms with Crippen LogP contribution in [-0.4, -0.2) is 5.11 Å². The summed E-state index contributed by atoms with van der Waals surface area (Å²) in [7, 11) is 0. The first-order chi connectivity index (χ1) is 8.63. The number of rotatable bonds is 3. The largest absolute Gasteiger partial charge is 0.384 e. The molecule has 0 aliphatic heterocycles. The Morgan fingerprint density at radius 2 is 1.78 bits per heavy atom. The molecule has 0 radical (unpaired) electrons. The second-order valence-corrected chi connectivity index (χ2v) is 4.86. The summed E-state index contributed by atoms with van der Waals surface area (Å²) in [5.41, 5.74) is 3.98. The number of aryl methyl sites for hydroxylation is 1. The van der Waals surface area contributed by atoms with E-state index in [-0.39, 0.29) is 0 Å². The van der Waals surface area contributed by atoms with Crippen molar-refractivity contribution in [3.63, 3.8) is 0 Å². The average molecular weight is 261 g/mol. The van der Waals surface area contributed by atoms with Crippen molar-refractivity contribution in [3.05, 3.63) is 69.7 Å². The van der Waals surface area contributed by atoms with Gasteiger partial charge in [-0.2, -0.15) is 0 Å². The molecule has 0 aliphatic rings. The van der Waals surface area contributed by atoms with Crippen LogP contribution in [0.3, 0.4) is 0 Å². The molecule has 0 saturated carbocycles. The summed E-state index contributed by atoms with van der Waals surface area (Å²) in [6, 6.07) is 13.7. The molecule has 0 aliphatic carbocycles. The minimum Gasteiger partial charge on any atom is -0.384 e. The average Bonchev–Trinajstić information content (AvgIpc) is 2.41. The third-order valence-corrected chi connectivity index (χ3v) is 3.72. The van der Waals surface area contributed by atoms with Gasteiger partial charge in [-0.1, -0.05) is 54.9 Å². The van der Waals surface area contributed by atoms with Crippen molar-refractivity contribution < 1.29 is 5.11 Å². The van der Waals surface area contributed by atoms with E-state index in [9.17, 15) is 5.11 Å². The van der Waals surface area contributed by atoms with Crippen LogP contribution >= 0.6 is 11.6 Å². The predicted octanol–water partition coefficient (Wildman–Crippen LogP) is 4.29. The molecule has 94 valence electrons. The molecule has 2 aromatic rings. The quantitative estimate of drug-likeness (QED) is 0.873. The molecule has 2 aromatic carbocycles. The van der Waals surface area contributed by atoms with Crippen molar-refractivity contribution in [2.75, 3.05) is 0 Å². The predicted molar refractivity (Wildman–Crippen MR) is 76.1 cm³/mol. The van der Waals surface area contributed by atoms with E-state index in [0.29, 0.717) is 5.02 Å². The topological polar surface area (TPSA) is 20.2 Å². The molecule has 0 fully saturated rings. The lowest BCUT2D eigenvalue weighted by atomic mass is 9.96. The Bertz CT molecular complexity index is 531. The summed E-state index contributed by atoms with van der Waals surface area (Å²) in [5.74, 6) is 0. The van der Waals surface area contributed by atoms with Crippen molar-refractivity contribution >= 4 is 11.6 Å². The highest BCUT2D eigenvalue weighted by Crippen LogP contribution is 2.28. The SMILES string of the molecule is CCc1ccc(C(O)c2cccc(Cl)c2C)cc1. The smallest absolute Gasteiger partial charge is 0.104 e. The summed E-state index contributed by atoms with van der Waals surface area (Å²) >= 11 is 6.08. The van der Waals surface area contributed by atoms with E-state index in [4.69, 9.17) is 11.6 Å². The molecule has 1 nitrogen and oxygen atoms in total. The second-order valence-electron chi connectivity index (χ2n) is 4.45. The lowest BCUT2D eigenvalue weighted by Gasteiger charge is -2.15. The highest BCUT2D eigenvalue weighted by Gasteiger charge is 2.13. The van der Waals surface area contributed by atoms with Gasteiger partial charge in [-0.25, -0.2) is 0 Å². The fourth-order valence-corrected chi connectivity index (χ4v) is 2.22. The number of halogens is 1. The van der Waals surface area contributed by atoms with E-state index in [1.54, 1.807) is 0 Å². The minimum absolute atomic E-state index is 0.616. The van der Waals surface area contributed by atoms with Crippen molar-refractivity contribution in [2.24, 2.45) is 0 Å². The van der Waals surface area contributed by atoms with Gasteiger partial charge in [-0.05, 0) is 41.7 Å². The number of aliphatic hydroxyl groups excluding tert-OH is 1. The first kappa shape index (κ1) is 13.1. The fourth-order valence-electron chi connectivity index (χ4n) is 2.04. The van der Waals surface area contributed by atoms with Crippen LogP contribution in [0.15, 0.2) is 42.5 Å². The number of aliphatic hydroxyl groups is 1. The van der Waals surface area contributed by atoms with E-state index < -0.39 is 6.10 Å². The second kappa shape index (κ2) is 5.55. The number of hydrogen-bond acceptors (Lipinski definition) is 1. The van der Waals surface area contributed by atoms with Gasteiger partial charge in [-0.15, -0.1) is 0 Å². The highest BCUT2D eigenvalue weighted by molar-refractivity contribution is 6.31. The molecular formula is C16H17ClO. The van der Waals surface area contributed by atoms with Crippen LogP contribution in [0.2, 0.25) is 5.02 Å². The van der Waals surface area contributed by atoms with Gasteiger partial charge in [0.2, 0.25) is 0 Å². The van der Waals surface area contributed by atoms with E-state index in [1.807, 2.05) is 37.3 Å². The minimum atomic E-state index is -0.616. The van der Waals surface area contributed by atoms with Gasteiger partial charge in [0.1, 0.15) is 6.10 Å². The Balaban J connectivity index is 2.35. The van der Waals surface area contributed by atoms with Crippen LogP contribution in [0.1, 0.15) is 35.3 Å². The van der Waals surface area contributed by atoms with E-state index >= 15 is 0 Å². The van der Waals surface area contributed by atoms with Gasteiger partial charge in [0.05, 0.1) is 0 Å². The molecular weight excluding hydrogens is 244 g/mol. The monoisotopic (exact) mass is 260 g/mol. The Kier molecular flexibility index (Phi) is 4.05. The van der Waals surface area contributed by atoms with E-state index in [0.717, 1.165) is 23.1 Å². The highest BCUT2D eigenvalue weighted by atomic mass is 35.5. The van der Waals surface area contributed by atoms with Gasteiger partial charge < -0.3 is 5.11 Å². The first-order valence-electron chi connectivity index (χ1n) is 6.15. The molecule has 0 aromatic heterocycles. The lowest BCUT2D eigenvalue weighted by molar-refractivity contribution is 0.219. The van der Waals surface area contributed by atoms with E-state index in [2.05, 4.69) is 19.1 Å². The zero-order chi connectivity index (χ0) is 13.1. The molecule has 0 saturated heterocycles. The van der Waals surface area contributed by atoms with Crippen molar-refractivity contribution in [2.45, 2.75) is 26.4 Å². The Labute approximate surface area is 113 Å². The third kappa shape index (κ3) is 2.58. The van der Waals surface area contributed by atoms with Crippen molar-refractivity contribution in [1.29, 1.82) is 0 Å². The summed E-state index contributed by atoms with van der Waals surface area (Å²) in [5, 5.41) is 11.1. The van der Waals surface area contributed by atoms with Crippen molar-refractivity contribution in [3.8, 4) is 0 Å². The molecule has 0 amide bonds. The van der Waals surface area contributed by atoms with Crippen molar-refractivity contribution in [1.82, 2.24) is 0 Å². The van der Waals surface area contributed by atoms with E-state index in [1.165, 1.54) is 5.56 Å². The lowest BCUT2D eigenvalue weighted by Crippen LogP contribution is -2.02. The summed E-state index contributed by atoms with van der Waals surface area (Å²) in [6.45, 7) is 4.05. The van der Waals surface area contributed by atoms with Gasteiger partial charge in [0.15, 0.2) is 0 Å². The summed E-state index contributed by atoms with van der Waals surface area (Å²) < 4.78 is 0. The molecule has 0 heterocycles. The molecule has 2 rings (SSSR count). The normalized spacial score (nSPS) is 12.4. The summed E-state index contributed by atoms with van der Waals surface area (Å²) in [4.78, 5) is 0. The fraction of sp³-hybridized carbons (Fsp3) is 0.250. The standard InChI is InChI=1S/C16H17ClO/c1-3-12-7-9-13(10-8-12)16(18)14-5-4-6-15(17)11(14)2/h4-10,16,18H,3H2,1-2H3. The maximum Gasteiger partial charge on any atom is 0.104 e. The van der Waals surface area contributed by atoms with Gasteiger partial charge in [0, 0.05) is 5.02 Å². The number of benzene rings is 2. The first-order valence-corrected chi connectivity index (χ1v) is 6.53. The van der Waals surface area contributed by atoms with Gasteiger partial charge in [0.25, 0.3) is 0 Å². The van der Waals surface area contributed by atoms with Gasteiger partial charge >= 0.3 is 0 Å². The van der Waals surface area contributed by atoms with Crippen LogP contribution in [0, 0.1) is 6.92 Å². The Morgan fingerprint density at radius 3 is 2.39 bits per heavy atom. The molecule has 18 heavy (non-hydrogen) atoms. The third-order valence-electron chi connectivity index (χ3n) is 3.31. The summed E-state index contributed by atoms with van der Waals surface area (Å²) in [6.07, 6.45) is 0.390. The zero-order valence-corrected chi connectivity index (χ0v) is 11.4. The maximum absolute atomic E-state index is 10.4. The van der Waals surface area contributed by atoms with Crippen LogP contribution in [0.25, 0.3) is 0 Å². The maximum atomic E-state index is 10.4. The van der Waals surface area contributed by atoms with Crippen LogP contribution in [-0.2, 0) is 6.42 Å². The molecule has 2 heteroatoms. The zero-order valence-electron chi connectivity index (χ0n) is 10.7. The molecule has 1 unspecified atom stereocenters. The molecule has 0 bridgehead atoms. The van der Waals surface area contributed by atoms with Crippen LogP contribution < -0.4 is 0 Å². The van der Waals surface area contributed by atoms with Gasteiger partial charge in [-0.3, -0.25) is 0 Å².